The van der Waals surface area contributed by atoms with Gasteiger partial charge in [-0.1, -0.05) is 0 Å². The van der Waals surface area contributed by atoms with E-state index in [2.05, 4.69) is 0 Å². The number of nitrogens with two attached hydrogens (primary N) is 1. The first-order valence-electron chi connectivity index (χ1n) is 1.86. The van der Waals surface area contributed by atoms with Crippen molar-refractivity contribution >= 4 is 6.98 Å². The molecule has 0 aromatic carbocycles. The van der Waals surface area contributed by atoms with E-state index in [4.69, 9.17) is 5.84 Å². The summed E-state index contributed by atoms with van der Waals surface area (Å²) in [6, 6.07) is 0. The van der Waals surface area contributed by atoms with Crippen LogP contribution in [0.3, 0.4) is 0 Å². The van der Waals surface area contributed by atoms with Crippen molar-refractivity contribution in [2.75, 3.05) is 6.44 Å². The lowest BCUT2D eigenvalue weighted by Gasteiger charge is -1.79. The molecule has 1 atom stereocenters. The molecule has 1 unspecified atom stereocenters. The summed E-state index contributed by atoms with van der Waals surface area (Å²) in [4.78, 5) is 10.4. The first-order valence-corrected chi connectivity index (χ1v) is 1.86. The van der Waals surface area contributed by atoms with Crippen LogP contribution in [0.1, 0.15) is 0 Å². The summed E-state index contributed by atoms with van der Waals surface area (Å²) >= 11 is 0. The molecule has 1 rings (SSSR count). The SMILES string of the molecule is NN1CB1[N+](=O)[O-]. The third-order valence-corrected chi connectivity index (χ3v) is 0.867. The van der Waals surface area contributed by atoms with Crippen LogP contribution in [-0.2, 0) is 0 Å². The van der Waals surface area contributed by atoms with Gasteiger partial charge in [0.05, 0.1) is 6.44 Å². The van der Waals surface area contributed by atoms with Gasteiger partial charge in [-0.25, -0.2) is 4.92 Å². The highest BCUT2D eigenvalue weighted by molar-refractivity contribution is 6.57. The summed E-state index contributed by atoms with van der Waals surface area (Å²) in [7, 11) is 0. The molecule has 38 valence electrons. The first kappa shape index (κ1) is 4.54. The standard InChI is InChI=1S/CH4BN3O2/c3-4-1-2(4)5(6)7/h1,3H2. The van der Waals surface area contributed by atoms with E-state index < -0.39 is 11.8 Å². The van der Waals surface area contributed by atoms with Crippen LogP contribution < -0.4 is 5.84 Å². The van der Waals surface area contributed by atoms with Crippen LogP contribution >= 0.6 is 0 Å². The van der Waals surface area contributed by atoms with Gasteiger partial charge in [-0.3, -0.25) is 16.0 Å². The zero-order valence-corrected chi connectivity index (χ0v) is 3.57. The fraction of sp³-hybridized carbons (Fsp3) is 1.00. The summed E-state index contributed by atoms with van der Waals surface area (Å²) < 4.78 is 0. The molecule has 1 saturated heterocycles. The zero-order valence-electron chi connectivity index (χ0n) is 3.57. The second-order valence-corrected chi connectivity index (χ2v) is 1.46. The summed E-state index contributed by atoms with van der Waals surface area (Å²) in [6.45, 7) is -0.597. The fourth-order valence-electron chi connectivity index (χ4n) is 0.329. The Balaban J connectivity index is 2.33. The minimum atomic E-state index is -0.597. The zero-order chi connectivity index (χ0) is 5.44. The minimum Gasteiger partial charge on any atom is -0.292 e. The van der Waals surface area contributed by atoms with Gasteiger partial charge in [0.15, 0.2) is 0 Å². The largest absolute Gasteiger partial charge is 0.667 e. The topological polar surface area (TPSA) is 72.2 Å². The predicted molar refractivity (Wildman–Crippen MR) is 23.6 cm³/mol. The second-order valence-electron chi connectivity index (χ2n) is 1.46. The molecule has 0 aromatic heterocycles. The molecule has 7 heavy (non-hydrogen) atoms. The van der Waals surface area contributed by atoms with Gasteiger partial charge in [-0.2, -0.15) is 0 Å². The number of nitro groups is 1. The van der Waals surface area contributed by atoms with Gasteiger partial charge in [0, 0.05) is 0 Å². The van der Waals surface area contributed by atoms with Gasteiger partial charge in [0.25, 0.3) is 0 Å². The molecular weight excluding hydrogens is 96.8 g/mol. The monoisotopic (exact) mass is 101 g/mol. The average molecular weight is 101 g/mol. The highest BCUT2D eigenvalue weighted by Gasteiger charge is 2.55. The molecule has 1 aliphatic heterocycles. The Morgan fingerprint density at radius 2 is 2.43 bits per heavy atom. The van der Waals surface area contributed by atoms with E-state index in [0.29, 0.717) is 6.44 Å². The van der Waals surface area contributed by atoms with Crippen LogP contribution in [0.15, 0.2) is 0 Å². The minimum absolute atomic E-state index is 0.396. The van der Waals surface area contributed by atoms with E-state index in [1.807, 2.05) is 0 Å². The van der Waals surface area contributed by atoms with E-state index in [1.165, 1.54) is 4.92 Å². The van der Waals surface area contributed by atoms with Gasteiger partial charge in [0.2, 0.25) is 0 Å². The Hall–Kier alpha value is -0.615. The van der Waals surface area contributed by atoms with E-state index >= 15 is 0 Å². The smallest absolute Gasteiger partial charge is 0.292 e. The summed E-state index contributed by atoms with van der Waals surface area (Å²) in [5, 5.41) is 9.66. The third kappa shape index (κ3) is 0.701. The lowest BCUT2D eigenvalue weighted by molar-refractivity contribution is -0.329. The van der Waals surface area contributed by atoms with E-state index in [-0.39, 0.29) is 0 Å². The summed E-state index contributed by atoms with van der Waals surface area (Å²) in [5.74, 6) is 4.96. The molecule has 0 spiro atoms. The maximum absolute atomic E-state index is 9.66. The Bertz CT molecular complexity index is 105. The van der Waals surface area contributed by atoms with Crippen LogP contribution in [-0.4, -0.2) is 23.2 Å². The van der Waals surface area contributed by atoms with Crippen molar-refractivity contribution in [2.45, 2.75) is 0 Å². The number of hydrogen-bond donors (Lipinski definition) is 1. The number of nitrogens with zero attached hydrogens (tertiary/aromatic N) is 2. The molecule has 0 aromatic rings. The molecule has 1 heterocycles. The number of rotatable bonds is 1. The lowest BCUT2D eigenvalue weighted by atomic mass is 9.98. The normalized spacial score (nSPS) is 27.6. The maximum atomic E-state index is 9.66. The van der Waals surface area contributed by atoms with Crippen molar-refractivity contribution in [3.05, 3.63) is 10.1 Å². The van der Waals surface area contributed by atoms with E-state index in [1.54, 1.807) is 0 Å². The summed E-state index contributed by atoms with van der Waals surface area (Å²) in [6.07, 6.45) is 0.396. The van der Waals surface area contributed by atoms with E-state index in [9.17, 15) is 10.1 Å². The molecular formula is CH4BN3O2. The van der Waals surface area contributed by atoms with Crippen molar-refractivity contribution in [1.82, 2.24) is 4.92 Å². The Labute approximate surface area is 40.3 Å². The molecule has 0 aliphatic carbocycles. The fourth-order valence-corrected chi connectivity index (χ4v) is 0.329. The lowest BCUT2D eigenvalue weighted by Crippen LogP contribution is -2.20. The molecule has 0 bridgehead atoms. The average Bonchev–Trinajstić information content (AvgIpc) is 2.17. The van der Waals surface area contributed by atoms with Crippen molar-refractivity contribution < 1.29 is 4.83 Å². The maximum Gasteiger partial charge on any atom is 0.667 e. The quantitative estimate of drug-likeness (QED) is 0.143. The molecule has 0 saturated carbocycles. The molecule has 1 fully saturated rings. The van der Waals surface area contributed by atoms with Gasteiger partial charge in [-0.15, -0.1) is 0 Å². The highest BCUT2D eigenvalue weighted by Crippen LogP contribution is 2.03. The van der Waals surface area contributed by atoms with Gasteiger partial charge < -0.3 is 0 Å². The van der Waals surface area contributed by atoms with Crippen molar-refractivity contribution in [1.29, 1.82) is 0 Å². The van der Waals surface area contributed by atoms with E-state index in [0.717, 1.165) is 0 Å². The van der Waals surface area contributed by atoms with Crippen LogP contribution in [0.2, 0.25) is 0 Å². The Kier molecular flexibility index (Phi) is 0.763. The van der Waals surface area contributed by atoms with Gasteiger partial charge >= 0.3 is 6.98 Å². The predicted octanol–water partition coefficient (Wildman–Crippen LogP) is -1.52. The van der Waals surface area contributed by atoms with Gasteiger partial charge in [0.1, 0.15) is 0 Å². The first-order chi connectivity index (χ1) is 3.22. The van der Waals surface area contributed by atoms with Crippen LogP contribution in [0.5, 0.6) is 0 Å². The Morgan fingerprint density at radius 1 is 2.00 bits per heavy atom. The highest BCUT2D eigenvalue weighted by atomic mass is 16.6. The number of hydrogen-bond acceptors (Lipinski definition) is 4. The molecule has 2 N–H and O–H groups in total. The van der Waals surface area contributed by atoms with Crippen LogP contribution in [0.25, 0.3) is 0 Å². The van der Waals surface area contributed by atoms with Gasteiger partial charge in [-0.05, 0) is 4.83 Å². The molecule has 6 heteroatoms. The number of hydrazine groups is 1. The second kappa shape index (κ2) is 1.18. The molecule has 0 amide bonds. The van der Waals surface area contributed by atoms with Crippen LogP contribution in [0.4, 0.5) is 0 Å². The molecule has 1 aliphatic rings. The Morgan fingerprint density at radius 3 is 2.43 bits per heavy atom. The van der Waals surface area contributed by atoms with Crippen molar-refractivity contribution in [3.8, 4) is 0 Å². The van der Waals surface area contributed by atoms with Crippen molar-refractivity contribution in [2.24, 2.45) is 5.84 Å². The molecule has 0 radical (unpaired) electrons. The third-order valence-electron chi connectivity index (χ3n) is 0.867. The summed E-state index contributed by atoms with van der Waals surface area (Å²) in [5.41, 5.74) is 0. The van der Waals surface area contributed by atoms with Crippen LogP contribution in [0, 0.1) is 10.1 Å². The molecule has 5 nitrogen and oxygen atoms in total. The van der Waals surface area contributed by atoms with Crippen molar-refractivity contribution in [3.63, 3.8) is 0 Å².